The highest BCUT2D eigenvalue weighted by Crippen LogP contribution is 2.28. The maximum absolute atomic E-state index is 14.0. The number of aryl methyl sites for hydroxylation is 1. The van der Waals surface area contributed by atoms with Crippen LogP contribution in [0.5, 0.6) is 0 Å². The van der Waals surface area contributed by atoms with Gasteiger partial charge in [0, 0.05) is 43.4 Å². The van der Waals surface area contributed by atoms with Crippen LogP contribution in [-0.2, 0) is 13.1 Å². The fourth-order valence-electron chi connectivity index (χ4n) is 3.81. The number of fused-ring (bicyclic) bond motifs is 1. The fraction of sp³-hybridized carbons (Fsp3) is 0.115. The lowest BCUT2D eigenvalue weighted by Gasteiger charge is -2.23. The molecule has 0 aliphatic carbocycles. The summed E-state index contributed by atoms with van der Waals surface area (Å²) >= 11 is 0. The predicted octanol–water partition coefficient (Wildman–Crippen LogP) is 4.83. The third-order valence-electron chi connectivity index (χ3n) is 5.42. The SMILES string of the molecule is Cc1noc2nc(-c3ccccc3)cc(C(=O)N(Cc3ccncc3)Cc3cccnc3)c12. The van der Waals surface area contributed by atoms with E-state index in [1.165, 1.54) is 0 Å². The Labute approximate surface area is 190 Å². The highest BCUT2D eigenvalue weighted by atomic mass is 16.5. The van der Waals surface area contributed by atoms with Crippen molar-refractivity contribution in [3.05, 3.63) is 108 Å². The zero-order chi connectivity index (χ0) is 22.6. The highest BCUT2D eigenvalue weighted by Gasteiger charge is 2.24. The molecule has 162 valence electrons. The third kappa shape index (κ3) is 4.34. The number of rotatable bonds is 6. The Hall–Kier alpha value is -4.39. The molecule has 0 N–H and O–H groups in total. The molecule has 0 atom stereocenters. The zero-order valence-electron chi connectivity index (χ0n) is 18.0. The molecule has 33 heavy (non-hydrogen) atoms. The summed E-state index contributed by atoms with van der Waals surface area (Å²) in [4.78, 5) is 28.7. The number of carbonyl (C=O) groups excluding carboxylic acids is 1. The normalized spacial score (nSPS) is 10.9. The minimum Gasteiger partial charge on any atom is -0.335 e. The molecule has 0 unspecified atom stereocenters. The van der Waals surface area contributed by atoms with Crippen molar-refractivity contribution in [3.63, 3.8) is 0 Å². The van der Waals surface area contributed by atoms with E-state index in [1.807, 2.05) is 67.6 Å². The first-order valence-corrected chi connectivity index (χ1v) is 10.6. The highest BCUT2D eigenvalue weighted by molar-refractivity contribution is 6.07. The average Bonchev–Trinajstić information content (AvgIpc) is 3.25. The van der Waals surface area contributed by atoms with Crippen LogP contribution in [0.15, 0.2) is 90.0 Å². The molecule has 0 aliphatic rings. The summed E-state index contributed by atoms with van der Waals surface area (Å²) in [5.74, 6) is -0.133. The van der Waals surface area contributed by atoms with Gasteiger partial charge >= 0.3 is 0 Å². The van der Waals surface area contributed by atoms with Crippen LogP contribution in [0.4, 0.5) is 0 Å². The van der Waals surface area contributed by atoms with Crippen LogP contribution < -0.4 is 0 Å². The number of aromatic nitrogens is 4. The second kappa shape index (κ2) is 9.00. The lowest BCUT2D eigenvalue weighted by atomic mass is 10.0. The van der Waals surface area contributed by atoms with Gasteiger partial charge in [-0.25, -0.2) is 4.98 Å². The molecule has 0 aliphatic heterocycles. The molecular formula is C26H21N5O2. The van der Waals surface area contributed by atoms with Gasteiger partial charge in [0.2, 0.25) is 0 Å². The Bertz CT molecular complexity index is 1340. The minimum absolute atomic E-state index is 0.133. The topological polar surface area (TPSA) is 85.0 Å². The molecule has 4 aromatic heterocycles. The molecule has 0 spiro atoms. The number of carbonyl (C=O) groups is 1. The van der Waals surface area contributed by atoms with Crippen LogP contribution in [0.3, 0.4) is 0 Å². The molecule has 0 saturated carbocycles. The van der Waals surface area contributed by atoms with Gasteiger partial charge in [-0.3, -0.25) is 14.8 Å². The Morgan fingerprint density at radius 3 is 2.45 bits per heavy atom. The Morgan fingerprint density at radius 1 is 0.909 bits per heavy atom. The standard InChI is InChI=1S/C26H21N5O2/c1-18-24-22(14-23(29-25(24)33-30-18)21-7-3-2-4-8-21)26(32)31(16-19-9-12-27-13-10-19)17-20-6-5-11-28-15-20/h2-15H,16-17H2,1H3. The van der Waals surface area contributed by atoms with Gasteiger partial charge in [-0.1, -0.05) is 41.6 Å². The Balaban J connectivity index is 1.60. The minimum atomic E-state index is -0.133. The number of hydrogen-bond acceptors (Lipinski definition) is 6. The summed E-state index contributed by atoms with van der Waals surface area (Å²) in [6, 6.07) is 19.2. The maximum atomic E-state index is 14.0. The Kier molecular flexibility index (Phi) is 5.59. The first-order valence-electron chi connectivity index (χ1n) is 10.6. The predicted molar refractivity (Wildman–Crippen MR) is 124 cm³/mol. The maximum Gasteiger partial charge on any atom is 0.259 e. The van der Waals surface area contributed by atoms with Gasteiger partial charge in [0.05, 0.1) is 22.3 Å². The monoisotopic (exact) mass is 435 g/mol. The average molecular weight is 435 g/mol. The largest absolute Gasteiger partial charge is 0.335 e. The van der Waals surface area contributed by atoms with Crippen molar-refractivity contribution in [1.82, 2.24) is 25.0 Å². The number of amides is 1. The molecule has 1 amide bonds. The van der Waals surface area contributed by atoms with E-state index in [4.69, 9.17) is 4.52 Å². The quantitative estimate of drug-likeness (QED) is 0.380. The molecule has 0 saturated heterocycles. The second-order valence-corrected chi connectivity index (χ2v) is 7.75. The van der Waals surface area contributed by atoms with E-state index in [0.29, 0.717) is 41.1 Å². The van der Waals surface area contributed by atoms with Crippen LogP contribution in [0, 0.1) is 6.92 Å². The van der Waals surface area contributed by atoms with Crippen molar-refractivity contribution in [2.45, 2.75) is 20.0 Å². The van der Waals surface area contributed by atoms with E-state index in [9.17, 15) is 4.79 Å². The second-order valence-electron chi connectivity index (χ2n) is 7.75. The lowest BCUT2D eigenvalue weighted by Crippen LogP contribution is -2.30. The first kappa shape index (κ1) is 20.5. The van der Waals surface area contributed by atoms with Gasteiger partial charge < -0.3 is 9.42 Å². The van der Waals surface area contributed by atoms with Crippen LogP contribution >= 0.6 is 0 Å². The number of benzene rings is 1. The van der Waals surface area contributed by atoms with Crippen molar-refractivity contribution < 1.29 is 9.32 Å². The van der Waals surface area contributed by atoms with Crippen LogP contribution in [-0.4, -0.2) is 30.9 Å². The van der Waals surface area contributed by atoms with E-state index >= 15 is 0 Å². The Morgan fingerprint density at radius 2 is 1.70 bits per heavy atom. The summed E-state index contributed by atoms with van der Waals surface area (Å²) in [7, 11) is 0. The molecule has 7 heteroatoms. The van der Waals surface area contributed by atoms with Gasteiger partial charge in [-0.15, -0.1) is 0 Å². The zero-order valence-corrected chi connectivity index (χ0v) is 18.0. The smallest absolute Gasteiger partial charge is 0.259 e. The van der Waals surface area contributed by atoms with Gasteiger partial charge in [-0.2, -0.15) is 0 Å². The number of hydrogen-bond donors (Lipinski definition) is 0. The summed E-state index contributed by atoms with van der Waals surface area (Å²) in [5, 5.41) is 4.70. The van der Waals surface area contributed by atoms with Gasteiger partial charge in [0.25, 0.3) is 11.6 Å². The number of pyridine rings is 3. The van der Waals surface area contributed by atoms with Gasteiger partial charge in [0.1, 0.15) is 0 Å². The van der Waals surface area contributed by atoms with Gasteiger partial charge in [0.15, 0.2) is 0 Å². The molecule has 7 nitrogen and oxygen atoms in total. The summed E-state index contributed by atoms with van der Waals surface area (Å²) in [6.45, 7) is 2.65. The van der Waals surface area contributed by atoms with Crippen LogP contribution in [0.25, 0.3) is 22.4 Å². The fourth-order valence-corrected chi connectivity index (χ4v) is 3.81. The summed E-state index contributed by atoms with van der Waals surface area (Å²) in [6.07, 6.45) is 6.95. The van der Waals surface area contributed by atoms with Crippen molar-refractivity contribution in [1.29, 1.82) is 0 Å². The van der Waals surface area contributed by atoms with Crippen molar-refractivity contribution >= 4 is 17.0 Å². The molecule has 5 rings (SSSR count). The van der Waals surface area contributed by atoms with Crippen molar-refractivity contribution in [2.24, 2.45) is 0 Å². The lowest BCUT2D eigenvalue weighted by molar-refractivity contribution is 0.0731. The van der Waals surface area contributed by atoms with E-state index < -0.39 is 0 Å². The van der Waals surface area contributed by atoms with E-state index in [2.05, 4.69) is 20.1 Å². The molecule has 1 aromatic carbocycles. The van der Waals surface area contributed by atoms with E-state index in [-0.39, 0.29) is 5.91 Å². The van der Waals surface area contributed by atoms with Crippen molar-refractivity contribution in [2.75, 3.05) is 0 Å². The number of nitrogens with zero attached hydrogens (tertiary/aromatic N) is 5. The van der Waals surface area contributed by atoms with Crippen LogP contribution in [0.1, 0.15) is 27.2 Å². The van der Waals surface area contributed by atoms with E-state index in [0.717, 1.165) is 16.7 Å². The molecule has 0 fully saturated rings. The molecule has 0 radical (unpaired) electrons. The molecule has 4 heterocycles. The van der Waals surface area contributed by atoms with Crippen molar-refractivity contribution in [3.8, 4) is 11.3 Å². The van der Waals surface area contributed by atoms with E-state index in [1.54, 1.807) is 29.7 Å². The molecule has 5 aromatic rings. The van der Waals surface area contributed by atoms with Gasteiger partial charge in [-0.05, 0) is 42.3 Å². The molecule has 0 bridgehead atoms. The third-order valence-corrected chi connectivity index (χ3v) is 5.42. The summed E-state index contributed by atoms with van der Waals surface area (Å²) in [5.41, 5.74) is 4.97. The first-order chi connectivity index (χ1) is 16.2. The molecular weight excluding hydrogens is 414 g/mol. The van der Waals surface area contributed by atoms with Crippen LogP contribution in [0.2, 0.25) is 0 Å². The summed E-state index contributed by atoms with van der Waals surface area (Å²) < 4.78 is 5.47.